The fourth-order valence-electron chi connectivity index (χ4n) is 1.85. The molecule has 0 aromatic carbocycles. The molecule has 0 spiro atoms. The summed E-state index contributed by atoms with van der Waals surface area (Å²) in [4.78, 5) is 8.50. The number of nitriles is 1. The Balaban J connectivity index is 0.00000220. The first kappa shape index (κ1) is 13.7. The first-order valence-corrected chi connectivity index (χ1v) is 6.13. The van der Waals surface area contributed by atoms with Crippen LogP contribution in [-0.2, 0) is 5.41 Å². The Morgan fingerprint density at radius 1 is 1.40 bits per heavy atom. The molecule has 5 nitrogen and oxygen atoms in total. The zero-order valence-electron chi connectivity index (χ0n) is 11.4. The van der Waals surface area contributed by atoms with Gasteiger partial charge in [0.2, 0.25) is 0 Å². The predicted molar refractivity (Wildman–Crippen MR) is 80.5 cm³/mol. The minimum absolute atomic E-state index is 0. The second-order valence-corrected chi connectivity index (χ2v) is 4.95. The third kappa shape index (κ3) is 2.36. The second kappa shape index (κ2) is 5.10. The van der Waals surface area contributed by atoms with Crippen LogP contribution in [0.1, 0.15) is 26.5 Å². The fourth-order valence-corrected chi connectivity index (χ4v) is 1.85. The maximum atomic E-state index is 9.20. The van der Waals surface area contributed by atoms with Crippen LogP contribution in [0.5, 0.6) is 0 Å². The topological polar surface area (TPSA) is 99.4 Å². The SMILES string of the molecule is CC(C)(C#N)c1cccc(-c2ccnc(N)c2C=N)n1.[HH]. The largest absolute Gasteiger partial charge is 0.383 e. The molecule has 0 radical (unpaired) electrons. The van der Waals surface area contributed by atoms with Gasteiger partial charge in [-0.1, -0.05) is 6.07 Å². The van der Waals surface area contributed by atoms with Gasteiger partial charge in [-0.25, -0.2) is 4.98 Å². The Morgan fingerprint density at radius 2 is 2.15 bits per heavy atom. The van der Waals surface area contributed by atoms with Crippen molar-refractivity contribution in [2.45, 2.75) is 19.3 Å². The summed E-state index contributed by atoms with van der Waals surface area (Å²) < 4.78 is 0. The molecule has 0 aliphatic heterocycles. The zero-order chi connectivity index (χ0) is 14.8. The van der Waals surface area contributed by atoms with Gasteiger partial charge >= 0.3 is 0 Å². The summed E-state index contributed by atoms with van der Waals surface area (Å²) in [6.45, 7) is 3.63. The maximum Gasteiger partial charge on any atom is 0.132 e. The highest BCUT2D eigenvalue weighted by atomic mass is 14.8. The van der Waals surface area contributed by atoms with E-state index in [1.807, 2.05) is 32.0 Å². The number of nitrogens with zero attached hydrogens (tertiary/aromatic N) is 3. The van der Waals surface area contributed by atoms with Gasteiger partial charge in [-0.2, -0.15) is 5.26 Å². The minimum atomic E-state index is -0.667. The monoisotopic (exact) mass is 267 g/mol. The van der Waals surface area contributed by atoms with Crippen molar-refractivity contribution in [2.75, 3.05) is 5.73 Å². The molecule has 0 amide bonds. The Bertz CT molecular complexity index is 703. The van der Waals surface area contributed by atoms with Crippen molar-refractivity contribution in [3.63, 3.8) is 0 Å². The molecule has 2 aromatic rings. The number of hydrogen-bond donors (Lipinski definition) is 2. The Morgan fingerprint density at radius 3 is 2.80 bits per heavy atom. The van der Waals surface area contributed by atoms with Crippen LogP contribution < -0.4 is 5.73 Å². The maximum absolute atomic E-state index is 9.20. The van der Waals surface area contributed by atoms with Crippen molar-refractivity contribution in [3.8, 4) is 17.3 Å². The molecule has 0 unspecified atom stereocenters. The molecule has 2 aromatic heterocycles. The predicted octanol–water partition coefficient (Wildman–Crippen LogP) is 2.77. The summed E-state index contributed by atoms with van der Waals surface area (Å²) >= 11 is 0. The van der Waals surface area contributed by atoms with E-state index in [9.17, 15) is 5.26 Å². The van der Waals surface area contributed by atoms with Crippen molar-refractivity contribution < 1.29 is 1.43 Å². The Kier molecular flexibility index (Phi) is 3.49. The molecule has 0 bridgehead atoms. The van der Waals surface area contributed by atoms with Crippen molar-refractivity contribution in [1.82, 2.24) is 9.97 Å². The van der Waals surface area contributed by atoms with Crippen LogP contribution in [0.2, 0.25) is 0 Å². The van der Waals surface area contributed by atoms with E-state index < -0.39 is 5.41 Å². The van der Waals surface area contributed by atoms with Crippen molar-refractivity contribution in [2.24, 2.45) is 0 Å². The van der Waals surface area contributed by atoms with Crippen LogP contribution in [0, 0.1) is 16.7 Å². The van der Waals surface area contributed by atoms with E-state index in [2.05, 4.69) is 16.0 Å². The standard InChI is InChI=1S/C15H15N5.H2/c1-15(2,9-17)13-5-3-4-12(20-13)10-6-7-19-14(18)11(10)8-16;/h3-8,16H,1-2H3,(H2,18,19);1H. The molecule has 2 rings (SSSR count). The second-order valence-electron chi connectivity index (χ2n) is 4.95. The van der Waals surface area contributed by atoms with Crippen LogP contribution in [0.15, 0.2) is 30.5 Å². The molecular weight excluding hydrogens is 250 g/mol. The molecule has 0 aliphatic carbocycles. The molecule has 0 saturated heterocycles. The molecule has 0 aliphatic rings. The summed E-state index contributed by atoms with van der Waals surface area (Å²) in [7, 11) is 0. The third-order valence-electron chi connectivity index (χ3n) is 3.11. The number of anilines is 1. The third-order valence-corrected chi connectivity index (χ3v) is 3.11. The van der Waals surface area contributed by atoms with Crippen LogP contribution >= 0.6 is 0 Å². The molecule has 0 fully saturated rings. The molecule has 3 N–H and O–H groups in total. The van der Waals surface area contributed by atoms with E-state index >= 15 is 0 Å². The highest BCUT2D eigenvalue weighted by molar-refractivity contribution is 5.92. The lowest BCUT2D eigenvalue weighted by Crippen LogP contribution is -2.16. The molecule has 102 valence electrons. The van der Waals surface area contributed by atoms with Crippen LogP contribution in [0.4, 0.5) is 5.82 Å². The van der Waals surface area contributed by atoms with Gasteiger partial charge in [-0.15, -0.1) is 0 Å². The van der Waals surface area contributed by atoms with Crippen molar-refractivity contribution in [3.05, 3.63) is 41.7 Å². The minimum Gasteiger partial charge on any atom is -0.383 e. The average Bonchev–Trinajstić information content (AvgIpc) is 2.47. The number of hydrogen-bond acceptors (Lipinski definition) is 5. The number of nitrogens with one attached hydrogen (secondary N) is 1. The molecular formula is C15H17N5. The van der Waals surface area contributed by atoms with E-state index in [1.165, 1.54) is 6.21 Å². The number of aromatic nitrogens is 2. The van der Waals surface area contributed by atoms with E-state index in [1.54, 1.807) is 12.3 Å². The van der Waals surface area contributed by atoms with Gasteiger partial charge in [-0.05, 0) is 32.0 Å². The molecule has 2 heterocycles. The van der Waals surface area contributed by atoms with Gasteiger partial charge in [0.1, 0.15) is 5.82 Å². The Labute approximate surface area is 119 Å². The molecule has 0 atom stereocenters. The summed E-state index contributed by atoms with van der Waals surface area (Å²) in [6.07, 6.45) is 2.75. The first-order chi connectivity index (χ1) is 9.49. The fraction of sp³-hybridized carbons (Fsp3) is 0.200. The van der Waals surface area contributed by atoms with Crippen LogP contribution in [0.25, 0.3) is 11.3 Å². The van der Waals surface area contributed by atoms with Crippen LogP contribution in [0.3, 0.4) is 0 Å². The zero-order valence-corrected chi connectivity index (χ0v) is 11.4. The lowest BCUT2D eigenvalue weighted by molar-refractivity contribution is 0.660. The van der Waals surface area contributed by atoms with E-state index in [4.69, 9.17) is 11.1 Å². The lowest BCUT2D eigenvalue weighted by Gasteiger charge is -2.16. The van der Waals surface area contributed by atoms with Gasteiger partial charge in [0.05, 0.1) is 22.9 Å². The normalized spacial score (nSPS) is 10.8. The number of pyridine rings is 2. The van der Waals surface area contributed by atoms with Crippen LogP contribution in [-0.4, -0.2) is 16.2 Å². The van der Waals surface area contributed by atoms with Gasteiger partial charge in [0.15, 0.2) is 0 Å². The van der Waals surface area contributed by atoms with Gasteiger partial charge in [0, 0.05) is 25.0 Å². The highest BCUT2D eigenvalue weighted by Crippen LogP contribution is 2.27. The van der Waals surface area contributed by atoms with Gasteiger partial charge < -0.3 is 11.1 Å². The number of nitrogens with two attached hydrogens (primary N) is 1. The van der Waals surface area contributed by atoms with Crippen molar-refractivity contribution in [1.29, 1.82) is 10.7 Å². The number of rotatable bonds is 3. The first-order valence-electron chi connectivity index (χ1n) is 6.13. The quantitative estimate of drug-likeness (QED) is 0.835. The Hall–Kier alpha value is -2.74. The summed E-state index contributed by atoms with van der Waals surface area (Å²) in [5, 5.41) is 16.7. The van der Waals surface area contributed by atoms with E-state index in [0.29, 0.717) is 22.8 Å². The molecule has 20 heavy (non-hydrogen) atoms. The van der Waals surface area contributed by atoms with Gasteiger partial charge in [-0.3, -0.25) is 4.98 Å². The van der Waals surface area contributed by atoms with E-state index in [0.717, 1.165) is 5.56 Å². The average molecular weight is 267 g/mol. The van der Waals surface area contributed by atoms with Crippen molar-refractivity contribution >= 4 is 12.0 Å². The van der Waals surface area contributed by atoms with Gasteiger partial charge in [0.25, 0.3) is 0 Å². The summed E-state index contributed by atoms with van der Waals surface area (Å²) in [6, 6.07) is 9.50. The summed E-state index contributed by atoms with van der Waals surface area (Å²) in [5.41, 5.74) is 7.75. The summed E-state index contributed by atoms with van der Waals surface area (Å²) in [5.74, 6) is 0.296. The molecule has 5 heteroatoms. The smallest absolute Gasteiger partial charge is 0.132 e. The van der Waals surface area contributed by atoms with E-state index in [-0.39, 0.29) is 1.43 Å². The molecule has 0 saturated carbocycles. The number of nitrogen functional groups attached to an aromatic ring is 1. The highest BCUT2D eigenvalue weighted by Gasteiger charge is 2.22. The lowest BCUT2D eigenvalue weighted by atomic mass is 9.90.